The molecule has 0 saturated carbocycles. The number of hydrogen-bond acceptors (Lipinski definition) is 6. The number of rotatable bonds is 5. The fourth-order valence-corrected chi connectivity index (χ4v) is 4.65. The normalized spacial score (nSPS) is 18.7. The van der Waals surface area contributed by atoms with Crippen molar-refractivity contribution < 1.29 is 4.79 Å². The zero-order valence-corrected chi connectivity index (χ0v) is 16.1. The third-order valence-electron chi connectivity index (χ3n) is 4.99. The number of aromatic nitrogens is 3. The number of Topliss-reactive ketones (excluding diaryl/α,β-unsaturated/α-hetero) is 1. The van der Waals surface area contributed by atoms with Crippen molar-refractivity contribution in [1.82, 2.24) is 15.0 Å². The Bertz CT molecular complexity index is 952. The molecule has 0 amide bonds. The summed E-state index contributed by atoms with van der Waals surface area (Å²) in [6.07, 6.45) is 7.73. The number of hydrogen-bond donors (Lipinski definition) is 2. The van der Waals surface area contributed by atoms with E-state index in [1.54, 1.807) is 24.2 Å². The number of fused-ring (bicyclic) bond motifs is 1. The topological polar surface area (TPSA) is 87.7 Å². The van der Waals surface area contributed by atoms with Gasteiger partial charge in [-0.25, -0.2) is 4.98 Å². The molecule has 6 nitrogen and oxygen atoms in total. The number of pyridine rings is 1. The standard InChI is InChI=1S/C20H22N4O2S/c1-2-3-10-27-20-23-18-17(19(26)24-20)15(12-6-5-9-21-11-12)16-13(22-18)7-4-8-14(16)25/h5-6,9,11,15H,2-4,7-8,10H2,1H3,(H2,22,23,24,26)/t15-/m0/s1. The Morgan fingerprint density at radius 1 is 1.30 bits per heavy atom. The molecule has 1 atom stereocenters. The first-order valence-electron chi connectivity index (χ1n) is 9.39. The molecular formula is C20H22N4O2S. The quantitative estimate of drug-likeness (QED) is 0.466. The molecule has 0 aromatic carbocycles. The van der Waals surface area contributed by atoms with Crippen molar-refractivity contribution in [2.24, 2.45) is 0 Å². The van der Waals surface area contributed by atoms with E-state index in [1.807, 2.05) is 12.1 Å². The second-order valence-electron chi connectivity index (χ2n) is 6.85. The lowest BCUT2D eigenvalue weighted by molar-refractivity contribution is -0.116. The van der Waals surface area contributed by atoms with Gasteiger partial charge in [0, 0.05) is 41.8 Å². The molecule has 0 saturated heterocycles. The third-order valence-corrected chi connectivity index (χ3v) is 5.95. The van der Waals surface area contributed by atoms with Crippen LogP contribution in [0.1, 0.15) is 56.1 Å². The second kappa shape index (κ2) is 7.68. The molecule has 1 aliphatic heterocycles. The van der Waals surface area contributed by atoms with Gasteiger partial charge in [-0.15, -0.1) is 0 Å². The average Bonchev–Trinajstić information content (AvgIpc) is 2.67. The largest absolute Gasteiger partial charge is 0.343 e. The van der Waals surface area contributed by atoms with E-state index in [4.69, 9.17) is 0 Å². The molecule has 0 spiro atoms. The Hall–Kier alpha value is -2.41. The maximum absolute atomic E-state index is 13.0. The Kier molecular flexibility index (Phi) is 5.11. The van der Waals surface area contributed by atoms with Crippen LogP contribution in [0.5, 0.6) is 0 Å². The van der Waals surface area contributed by atoms with Gasteiger partial charge >= 0.3 is 0 Å². The molecule has 4 rings (SSSR count). The van der Waals surface area contributed by atoms with Crippen molar-refractivity contribution >= 4 is 23.4 Å². The number of H-pyrrole nitrogens is 1. The van der Waals surface area contributed by atoms with Crippen LogP contribution in [0.25, 0.3) is 0 Å². The van der Waals surface area contributed by atoms with Crippen LogP contribution >= 0.6 is 11.8 Å². The van der Waals surface area contributed by atoms with Crippen LogP contribution in [0.3, 0.4) is 0 Å². The third kappa shape index (κ3) is 3.43. The number of allylic oxidation sites excluding steroid dienone is 2. The van der Waals surface area contributed by atoms with Crippen molar-refractivity contribution in [3.05, 3.63) is 57.3 Å². The van der Waals surface area contributed by atoms with Crippen molar-refractivity contribution in [3.8, 4) is 0 Å². The molecule has 7 heteroatoms. The lowest BCUT2D eigenvalue weighted by Gasteiger charge is -2.32. The van der Waals surface area contributed by atoms with Gasteiger partial charge in [0.25, 0.3) is 5.56 Å². The van der Waals surface area contributed by atoms with Crippen LogP contribution in [0, 0.1) is 0 Å². The molecule has 2 aromatic rings. The molecule has 0 unspecified atom stereocenters. The minimum atomic E-state index is -0.413. The molecule has 2 aromatic heterocycles. The summed E-state index contributed by atoms with van der Waals surface area (Å²) in [5, 5.41) is 3.92. The van der Waals surface area contributed by atoms with Gasteiger partial charge in [0.2, 0.25) is 0 Å². The molecule has 3 heterocycles. The minimum absolute atomic E-state index is 0.101. The highest BCUT2D eigenvalue weighted by atomic mass is 32.2. The van der Waals surface area contributed by atoms with Gasteiger partial charge in [-0.1, -0.05) is 31.2 Å². The molecule has 140 valence electrons. The van der Waals surface area contributed by atoms with Crippen LogP contribution < -0.4 is 10.9 Å². The number of carbonyl (C=O) groups is 1. The number of aromatic amines is 1. The van der Waals surface area contributed by atoms with Crippen LogP contribution in [0.15, 0.2) is 45.7 Å². The maximum Gasteiger partial charge on any atom is 0.257 e. The fraction of sp³-hybridized carbons (Fsp3) is 0.400. The summed E-state index contributed by atoms with van der Waals surface area (Å²) in [5.74, 6) is 1.17. The van der Waals surface area contributed by atoms with E-state index in [1.165, 1.54) is 0 Å². The smallest absolute Gasteiger partial charge is 0.257 e. The zero-order chi connectivity index (χ0) is 18.8. The molecule has 1 aliphatic carbocycles. The van der Waals surface area contributed by atoms with Gasteiger partial charge < -0.3 is 10.3 Å². The average molecular weight is 382 g/mol. The maximum atomic E-state index is 13.0. The lowest BCUT2D eigenvalue weighted by atomic mass is 9.77. The van der Waals surface area contributed by atoms with E-state index in [9.17, 15) is 9.59 Å². The number of carbonyl (C=O) groups excluding carboxylic acids is 1. The Morgan fingerprint density at radius 3 is 2.96 bits per heavy atom. The first-order chi connectivity index (χ1) is 13.2. The number of thioether (sulfide) groups is 1. The van der Waals surface area contributed by atoms with Crippen LogP contribution in [0.4, 0.5) is 5.82 Å². The van der Waals surface area contributed by atoms with Crippen molar-refractivity contribution in [2.75, 3.05) is 11.1 Å². The number of anilines is 1. The van der Waals surface area contributed by atoms with Gasteiger partial charge in [-0.05, 0) is 30.9 Å². The predicted octanol–water partition coefficient (Wildman–Crippen LogP) is 3.62. The molecule has 0 radical (unpaired) electrons. The molecule has 27 heavy (non-hydrogen) atoms. The Balaban J connectivity index is 1.83. The van der Waals surface area contributed by atoms with Crippen molar-refractivity contribution in [1.29, 1.82) is 0 Å². The Morgan fingerprint density at radius 2 is 2.19 bits per heavy atom. The summed E-state index contributed by atoms with van der Waals surface area (Å²) < 4.78 is 0. The van der Waals surface area contributed by atoms with Gasteiger partial charge in [0.15, 0.2) is 10.9 Å². The number of unbranched alkanes of at least 4 members (excludes halogenated alkanes) is 1. The highest BCUT2D eigenvalue weighted by Gasteiger charge is 2.37. The monoisotopic (exact) mass is 382 g/mol. The summed E-state index contributed by atoms with van der Waals surface area (Å²) in [7, 11) is 0. The highest BCUT2D eigenvalue weighted by Crippen LogP contribution is 2.43. The Labute approximate surface area is 161 Å². The van der Waals surface area contributed by atoms with Crippen LogP contribution in [-0.2, 0) is 4.79 Å². The van der Waals surface area contributed by atoms with Gasteiger partial charge in [0.1, 0.15) is 5.82 Å². The summed E-state index contributed by atoms with van der Waals surface area (Å²) in [6, 6.07) is 3.75. The molecule has 0 bridgehead atoms. The first kappa shape index (κ1) is 18.0. The van der Waals surface area contributed by atoms with E-state index in [0.717, 1.165) is 42.7 Å². The molecule has 2 aliphatic rings. The van der Waals surface area contributed by atoms with Crippen molar-refractivity contribution in [3.63, 3.8) is 0 Å². The van der Waals surface area contributed by atoms with Gasteiger partial charge in [-0.2, -0.15) is 0 Å². The van der Waals surface area contributed by atoms with E-state index in [-0.39, 0.29) is 11.3 Å². The van der Waals surface area contributed by atoms with E-state index >= 15 is 0 Å². The predicted molar refractivity (Wildman–Crippen MR) is 106 cm³/mol. The SMILES string of the molecule is CCCCSc1nc2c(c(=O)[nH]1)[C@@H](c1cccnc1)C1=C(CCCC1=O)N2. The summed E-state index contributed by atoms with van der Waals surface area (Å²) in [4.78, 5) is 37.5. The van der Waals surface area contributed by atoms with Gasteiger partial charge in [-0.3, -0.25) is 14.6 Å². The summed E-state index contributed by atoms with van der Waals surface area (Å²) >= 11 is 1.56. The number of nitrogens with zero attached hydrogens (tertiary/aromatic N) is 2. The molecule has 2 N–H and O–H groups in total. The number of nitrogens with one attached hydrogen (secondary N) is 2. The second-order valence-corrected chi connectivity index (χ2v) is 7.93. The first-order valence-corrected chi connectivity index (χ1v) is 10.4. The zero-order valence-electron chi connectivity index (χ0n) is 15.2. The minimum Gasteiger partial charge on any atom is -0.343 e. The summed E-state index contributed by atoms with van der Waals surface area (Å²) in [6.45, 7) is 2.14. The summed E-state index contributed by atoms with van der Waals surface area (Å²) in [5.41, 5.74) is 2.76. The number of ketones is 1. The van der Waals surface area contributed by atoms with E-state index in [2.05, 4.69) is 27.2 Å². The van der Waals surface area contributed by atoms with Gasteiger partial charge in [0.05, 0.1) is 5.56 Å². The lowest BCUT2D eigenvalue weighted by Crippen LogP contribution is -2.32. The highest BCUT2D eigenvalue weighted by molar-refractivity contribution is 7.99. The fourth-order valence-electron chi connectivity index (χ4n) is 3.70. The van der Waals surface area contributed by atoms with Crippen LogP contribution in [-0.4, -0.2) is 26.5 Å². The van der Waals surface area contributed by atoms with E-state index in [0.29, 0.717) is 28.5 Å². The molecule has 0 fully saturated rings. The van der Waals surface area contributed by atoms with E-state index < -0.39 is 5.92 Å². The molecular weight excluding hydrogens is 360 g/mol. The van der Waals surface area contributed by atoms with Crippen LogP contribution in [0.2, 0.25) is 0 Å². The van der Waals surface area contributed by atoms with Crippen molar-refractivity contribution in [2.45, 2.75) is 50.1 Å².